The lowest BCUT2D eigenvalue weighted by atomic mass is 9.77. The summed E-state index contributed by atoms with van der Waals surface area (Å²) in [6.45, 7) is 8.81. The van der Waals surface area contributed by atoms with E-state index in [9.17, 15) is 4.79 Å². The molecule has 0 saturated carbocycles. The quantitative estimate of drug-likeness (QED) is 0.779. The molecule has 112 valence electrons. The summed E-state index contributed by atoms with van der Waals surface area (Å²) in [6.07, 6.45) is 2.33. The number of rotatable bonds is 7. The fourth-order valence-corrected chi connectivity index (χ4v) is 2.59. The van der Waals surface area contributed by atoms with Gasteiger partial charge in [-0.3, -0.25) is 4.79 Å². The van der Waals surface area contributed by atoms with Crippen molar-refractivity contribution in [1.29, 1.82) is 0 Å². The third kappa shape index (κ3) is 3.83. The number of nitrogens with two attached hydrogens (primary N) is 1. The summed E-state index contributed by atoms with van der Waals surface area (Å²) in [5.74, 6) is -0.164. The molecule has 20 heavy (non-hydrogen) atoms. The highest BCUT2D eigenvalue weighted by atomic mass is 16.5. The minimum Gasteiger partial charge on any atom is -0.466 e. The van der Waals surface area contributed by atoms with Crippen LogP contribution in [0.5, 0.6) is 0 Å². The van der Waals surface area contributed by atoms with Crippen molar-refractivity contribution in [2.75, 3.05) is 13.2 Å². The van der Waals surface area contributed by atoms with Gasteiger partial charge in [-0.2, -0.15) is 0 Å². The Hall–Kier alpha value is -1.35. The van der Waals surface area contributed by atoms with Gasteiger partial charge in [-0.25, -0.2) is 0 Å². The number of benzene rings is 1. The number of hydrogen-bond donors (Lipinski definition) is 1. The van der Waals surface area contributed by atoms with Crippen LogP contribution in [0.4, 0.5) is 0 Å². The van der Waals surface area contributed by atoms with Crippen LogP contribution >= 0.6 is 0 Å². The molecular weight excluding hydrogens is 250 g/mol. The first kappa shape index (κ1) is 16.7. The molecule has 0 spiro atoms. The summed E-state index contributed by atoms with van der Waals surface area (Å²) >= 11 is 0. The predicted octanol–water partition coefficient (Wildman–Crippen LogP) is 3.15. The molecule has 3 heteroatoms. The van der Waals surface area contributed by atoms with Crippen molar-refractivity contribution in [2.24, 2.45) is 11.1 Å². The van der Waals surface area contributed by atoms with Crippen molar-refractivity contribution >= 4 is 5.97 Å². The number of carbonyl (C=O) groups excluding carboxylic acids is 1. The average Bonchev–Trinajstić information content (AvgIpc) is 2.42. The molecule has 0 amide bonds. The lowest BCUT2D eigenvalue weighted by Gasteiger charge is -2.30. The van der Waals surface area contributed by atoms with Gasteiger partial charge in [-0.05, 0) is 50.3 Å². The Morgan fingerprint density at radius 3 is 2.45 bits per heavy atom. The van der Waals surface area contributed by atoms with E-state index in [1.807, 2.05) is 6.92 Å². The lowest BCUT2D eigenvalue weighted by Crippen LogP contribution is -2.42. The van der Waals surface area contributed by atoms with Gasteiger partial charge in [-0.1, -0.05) is 31.5 Å². The van der Waals surface area contributed by atoms with E-state index in [-0.39, 0.29) is 5.97 Å². The maximum Gasteiger partial charge on any atom is 0.313 e. The van der Waals surface area contributed by atoms with E-state index in [4.69, 9.17) is 10.5 Å². The molecule has 0 aliphatic heterocycles. The van der Waals surface area contributed by atoms with E-state index < -0.39 is 5.41 Å². The van der Waals surface area contributed by atoms with Gasteiger partial charge in [0.25, 0.3) is 0 Å². The van der Waals surface area contributed by atoms with E-state index in [0.29, 0.717) is 19.6 Å². The average molecular weight is 277 g/mol. The maximum atomic E-state index is 12.3. The number of carbonyl (C=O) groups is 1. The Morgan fingerprint density at radius 2 is 1.95 bits per heavy atom. The van der Waals surface area contributed by atoms with E-state index in [1.165, 1.54) is 11.1 Å². The first-order valence-corrected chi connectivity index (χ1v) is 7.42. The molecule has 0 aromatic heterocycles. The normalized spacial score (nSPS) is 13.8. The molecule has 2 N–H and O–H groups in total. The molecule has 1 rings (SSSR count). The summed E-state index contributed by atoms with van der Waals surface area (Å²) in [4.78, 5) is 12.3. The van der Waals surface area contributed by atoms with Crippen molar-refractivity contribution in [1.82, 2.24) is 0 Å². The van der Waals surface area contributed by atoms with Crippen LogP contribution in [-0.4, -0.2) is 19.1 Å². The summed E-state index contributed by atoms with van der Waals surface area (Å²) in [5.41, 5.74) is 9.01. The molecule has 1 aromatic carbocycles. The minimum atomic E-state index is -0.591. The third-order valence-corrected chi connectivity index (χ3v) is 3.94. The van der Waals surface area contributed by atoms with Crippen molar-refractivity contribution in [3.05, 3.63) is 34.9 Å². The number of ether oxygens (including phenoxy) is 1. The van der Waals surface area contributed by atoms with Gasteiger partial charge in [0.15, 0.2) is 0 Å². The van der Waals surface area contributed by atoms with E-state index in [0.717, 1.165) is 18.4 Å². The molecule has 0 radical (unpaired) electrons. The molecule has 0 saturated heterocycles. The largest absolute Gasteiger partial charge is 0.466 e. The Labute approximate surface area is 122 Å². The second-order valence-corrected chi connectivity index (χ2v) is 5.55. The van der Waals surface area contributed by atoms with Gasteiger partial charge >= 0.3 is 5.97 Å². The number of esters is 1. The van der Waals surface area contributed by atoms with Gasteiger partial charge in [0.2, 0.25) is 0 Å². The topological polar surface area (TPSA) is 52.3 Å². The first-order chi connectivity index (χ1) is 9.49. The van der Waals surface area contributed by atoms with Gasteiger partial charge in [0, 0.05) is 6.54 Å². The van der Waals surface area contributed by atoms with Crippen molar-refractivity contribution in [2.45, 2.75) is 47.0 Å². The molecule has 0 heterocycles. The van der Waals surface area contributed by atoms with Gasteiger partial charge in [0.1, 0.15) is 0 Å². The van der Waals surface area contributed by atoms with Crippen LogP contribution in [0.25, 0.3) is 0 Å². The molecule has 0 fully saturated rings. The van der Waals surface area contributed by atoms with Crippen molar-refractivity contribution in [3.63, 3.8) is 0 Å². The second kappa shape index (κ2) is 7.44. The fraction of sp³-hybridized carbons (Fsp3) is 0.588. The summed E-state index contributed by atoms with van der Waals surface area (Å²) in [6, 6.07) is 6.33. The van der Waals surface area contributed by atoms with Crippen LogP contribution in [0, 0.1) is 19.3 Å². The monoisotopic (exact) mass is 277 g/mol. The SMILES string of the molecule is CCCC(CN)(Cc1ccc(C)c(C)c1)C(=O)OCC. The van der Waals surface area contributed by atoms with Crippen LogP contribution in [-0.2, 0) is 16.0 Å². The van der Waals surface area contributed by atoms with Crippen LogP contribution in [0.3, 0.4) is 0 Å². The van der Waals surface area contributed by atoms with Crippen molar-refractivity contribution in [3.8, 4) is 0 Å². The zero-order valence-corrected chi connectivity index (χ0v) is 13.2. The Balaban J connectivity index is 3.04. The van der Waals surface area contributed by atoms with Crippen LogP contribution in [0.15, 0.2) is 18.2 Å². The Morgan fingerprint density at radius 1 is 1.25 bits per heavy atom. The number of hydrogen-bond acceptors (Lipinski definition) is 3. The molecule has 1 atom stereocenters. The molecule has 0 aliphatic rings. The maximum absolute atomic E-state index is 12.3. The fourth-order valence-electron chi connectivity index (χ4n) is 2.59. The highest BCUT2D eigenvalue weighted by molar-refractivity contribution is 5.77. The molecular formula is C17H27NO2. The molecule has 1 aromatic rings. The molecule has 0 bridgehead atoms. The number of aryl methyl sites for hydroxylation is 2. The van der Waals surface area contributed by atoms with Gasteiger partial charge in [0.05, 0.1) is 12.0 Å². The second-order valence-electron chi connectivity index (χ2n) is 5.55. The standard InChI is InChI=1S/C17H27NO2/c1-5-9-17(12-18,16(19)20-6-2)11-15-8-7-13(3)14(4)10-15/h7-8,10H,5-6,9,11-12,18H2,1-4H3. The minimum absolute atomic E-state index is 0.164. The molecule has 0 aliphatic carbocycles. The first-order valence-electron chi connectivity index (χ1n) is 7.42. The highest BCUT2D eigenvalue weighted by Gasteiger charge is 2.37. The lowest BCUT2D eigenvalue weighted by molar-refractivity contribution is -0.155. The smallest absolute Gasteiger partial charge is 0.313 e. The van der Waals surface area contributed by atoms with Gasteiger partial charge in [-0.15, -0.1) is 0 Å². The van der Waals surface area contributed by atoms with Crippen LogP contribution in [0.2, 0.25) is 0 Å². The third-order valence-electron chi connectivity index (χ3n) is 3.94. The predicted molar refractivity (Wildman–Crippen MR) is 82.6 cm³/mol. The zero-order chi connectivity index (χ0) is 15.2. The summed E-state index contributed by atoms with van der Waals surface area (Å²) in [5, 5.41) is 0. The van der Waals surface area contributed by atoms with Crippen LogP contribution < -0.4 is 5.73 Å². The zero-order valence-electron chi connectivity index (χ0n) is 13.2. The van der Waals surface area contributed by atoms with E-state index in [1.54, 1.807) is 0 Å². The van der Waals surface area contributed by atoms with E-state index >= 15 is 0 Å². The van der Waals surface area contributed by atoms with Crippen LogP contribution in [0.1, 0.15) is 43.4 Å². The Bertz CT molecular complexity index is 456. The van der Waals surface area contributed by atoms with Crippen molar-refractivity contribution < 1.29 is 9.53 Å². The summed E-state index contributed by atoms with van der Waals surface area (Å²) < 4.78 is 5.26. The molecule has 1 unspecified atom stereocenters. The Kier molecular flexibility index (Phi) is 6.21. The highest BCUT2D eigenvalue weighted by Crippen LogP contribution is 2.30. The van der Waals surface area contributed by atoms with Gasteiger partial charge < -0.3 is 10.5 Å². The molecule has 3 nitrogen and oxygen atoms in total. The van der Waals surface area contributed by atoms with E-state index in [2.05, 4.69) is 39.0 Å². The summed E-state index contributed by atoms with van der Waals surface area (Å²) in [7, 11) is 0.